The minimum absolute atomic E-state index is 0.147. The van der Waals surface area contributed by atoms with Crippen molar-refractivity contribution in [2.45, 2.75) is 6.04 Å². The van der Waals surface area contributed by atoms with Gasteiger partial charge in [-0.2, -0.15) is 0 Å². The summed E-state index contributed by atoms with van der Waals surface area (Å²) >= 11 is 0. The number of hydrogen-bond acceptors (Lipinski definition) is 3. The molecule has 0 amide bonds. The molecule has 1 atom stereocenters. The summed E-state index contributed by atoms with van der Waals surface area (Å²) in [5, 5.41) is 0. The van der Waals surface area contributed by atoms with Gasteiger partial charge in [0.1, 0.15) is 13.2 Å². The Bertz CT molecular complexity index is 349. The molecule has 0 saturated heterocycles. The van der Waals surface area contributed by atoms with Gasteiger partial charge in [0, 0.05) is 6.04 Å². The fraction of sp³-hybridized carbons (Fsp3) is 0.273. The Hall–Kier alpha value is -1.48. The molecule has 3 nitrogen and oxygen atoms in total. The van der Waals surface area contributed by atoms with Crippen molar-refractivity contribution in [2.75, 3.05) is 13.2 Å². The number of benzene rings is 1. The molecule has 1 aliphatic rings. The maximum Gasteiger partial charge on any atom is 0.161 e. The lowest BCUT2D eigenvalue weighted by Crippen LogP contribution is -2.16. The van der Waals surface area contributed by atoms with Crippen LogP contribution in [0.4, 0.5) is 0 Å². The number of hydrogen-bond donors (Lipinski definition) is 1. The van der Waals surface area contributed by atoms with E-state index in [4.69, 9.17) is 15.2 Å². The monoisotopic (exact) mass is 191 g/mol. The number of fused-ring (bicyclic) bond motifs is 1. The van der Waals surface area contributed by atoms with Crippen molar-refractivity contribution in [3.63, 3.8) is 0 Å². The van der Waals surface area contributed by atoms with E-state index in [-0.39, 0.29) is 6.04 Å². The van der Waals surface area contributed by atoms with Crippen LogP contribution in [-0.2, 0) is 0 Å². The zero-order valence-corrected chi connectivity index (χ0v) is 7.90. The van der Waals surface area contributed by atoms with Gasteiger partial charge in [-0.25, -0.2) is 0 Å². The average Bonchev–Trinajstić information content (AvgIpc) is 2.27. The Morgan fingerprint density at radius 3 is 2.71 bits per heavy atom. The lowest BCUT2D eigenvalue weighted by atomic mass is 10.1. The highest BCUT2D eigenvalue weighted by Gasteiger charge is 2.12. The third-order valence-electron chi connectivity index (χ3n) is 2.21. The standard InChI is InChI=1S/C11H13NO2/c1-2-9(12)8-3-4-10-11(7-8)14-6-5-13-10/h2-4,7,9H,1,5-6,12H2. The fourth-order valence-corrected chi connectivity index (χ4v) is 1.40. The minimum atomic E-state index is -0.147. The summed E-state index contributed by atoms with van der Waals surface area (Å²) < 4.78 is 10.8. The maximum absolute atomic E-state index is 5.81. The molecule has 14 heavy (non-hydrogen) atoms. The van der Waals surface area contributed by atoms with E-state index < -0.39 is 0 Å². The molecule has 1 aliphatic heterocycles. The zero-order chi connectivity index (χ0) is 9.97. The van der Waals surface area contributed by atoms with E-state index in [0.29, 0.717) is 13.2 Å². The van der Waals surface area contributed by atoms with Gasteiger partial charge in [-0.1, -0.05) is 12.1 Å². The molecule has 2 N–H and O–H groups in total. The van der Waals surface area contributed by atoms with E-state index in [1.165, 1.54) is 0 Å². The average molecular weight is 191 g/mol. The van der Waals surface area contributed by atoms with E-state index in [2.05, 4.69) is 6.58 Å². The lowest BCUT2D eigenvalue weighted by molar-refractivity contribution is 0.171. The van der Waals surface area contributed by atoms with Crippen LogP contribution in [0.3, 0.4) is 0 Å². The van der Waals surface area contributed by atoms with Crippen LogP contribution in [0.15, 0.2) is 30.9 Å². The second-order valence-corrected chi connectivity index (χ2v) is 3.16. The summed E-state index contributed by atoms with van der Waals surface area (Å²) in [7, 11) is 0. The highest BCUT2D eigenvalue weighted by atomic mass is 16.6. The highest BCUT2D eigenvalue weighted by molar-refractivity contribution is 5.45. The molecular formula is C11H13NO2. The highest BCUT2D eigenvalue weighted by Crippen LogP contribution is 2.32. The SMILES string of the molecule is C=CC(N)c1ccc2c(c1)OCCO2. The van der Waals surface area contributed by atoms with Gasteiger partial charge in [-0.3, -0.25) is 0 Å². The molecule has 1 aromatic carbocycles. The molecule has 0 fully saturated rings. The minimum Gasteiger partial charge on any atom is -0.486 e. The first-order valence-electron chi connectivity index (χ1n) is 4.59. The molecule has 0 saturated carbocycles. The van der Waals surface area contributed by atoms with Gasteiger partial charge in [0.15, 0.2) is 11.5 Å². The Kier molecular flexibility index (Phi) is 2.41. The van der Waals surface area contributed by atoms with E-state index in [1.807, 2.05) is 18.2 Å². The van der Waals surface area contributed by atoms with E-state index in [9.17, 15) is 0 Å². The molecule has 0 aliphatic carbocycles. The molecular weight excluding hydrogens is 178 g/mol. The van der Waals surface area contributed by atoms with Gasteiger partial charge in [0.05, 0.1) is 0 Å². The van der Waals surface area contributed by atoms with Crippen LogP contribution in [0.1, 0.15) is 11.6 Å². The van der Waals surface area contributed by atoms with Crippen LogP contribution in [0.5, 0.6) is 11.5 Å². The molecule has 0 bridgehead atoms. The normalized spacial score (nSPS) is 16.1. The smallest absolute Gasteiger partial charge is 0.161 e. The largest absolute Gasteiger partial charge is 0.486 e. The zero-order valence-electron chi connectivity index (χ0n) is 7.90. The summed E-state index contributed by atoms with van der Waals surface area (Å²) in [4.78, 5) is 0. The third kappa shape index (κ3) is 1.59. The lowest BCUT2D eigenvalue weighted by Gasteiger charge is -2.19. The van der Waals surface area contributed by atoms with Crippen LogP contribution in [0, 0.1) is 0 Å². The molecule has 74 valence electrons. The molecule has 1 heterocycles. The van der Waals surface area contributed by atoms with Gasteiger partial charge in [0.2, 0.25) is 0 Å². The van der Waals surface area contributed by atoms with Crippen LogP contribution >= 0.6 is 0 Å². The van der Waals surface area contributed by atoms with Crippen molar-refractivity contribution in [1.29, 1.82) is 0 Å². The Balaban J connectivity index is 2.33. The maximum atomic E-state index is 5.81. The summed E-state index contributed by atoms with van der Waals surface area (Å²) in [6.07, 6.45) is 1.70. The third-order valence-corrected chi connectivity index (χ3v) is 2.21. The van der Waals surface area contributed by atoms with Gasteiger partial charge in [-0.15, -0.1) is 6.58 Å². The van der Waals surface area contributed by atoms with Crippen LogP contribution < -0.4 is 15.2 Å². The van der Waals surface area contributed by atoms with E-state index in [1.54, 1.807) is 6.08 Å². The van der Waals surface area contributed by atoms with Crippen molar-refractivity contribution in [1.82, 2.24) is 0 Å². The molecule has 1 aromatic rings. The Morgan fingerprint density at radius 2 is 2.00 bits per heavy atom. The number of ether oxygens (including phenoxy) is 2. The van der Waals surface area contributed by atoms with E-state index >= 15 is 0 Å². The van der Waals surface area contributed by atoms with E-state index in [0.717, 1.165) is 17.1 Å². The number of rotatable bonds is 2. The van der Waals surface area contributed by atoms with Crippen molar-refractivity contribution in [3.8, 4) is 11.5 Å². The molecule has 1 unspecified atom stereocenters. The topological polar surface area (TPSA) is 44.5 Å². The Morgan fingerprint density at radius 1 is 1.29 bits per heavy atom. The summed E-state index contributed by atoms with van der Waals surface area (Å²) in [5.41, 5.74) is 6.80. The first-order chi connectivity index (χ1) is 6.81. The van der Waals surface area contributed by atoms with Gasteiger partial charge >= 0.3 is 0 Å². The van der Waals surface area contributed by atoms with Crippen molar-refractivity contribution in [3.05, 3.63) is 36.4 Å². The van der Waals surface area contributed by atoms with Crippen molar-refractivity contribution < 1.29 is 9.47 Å². The Labute approximate surface area is 83.1 Å². The van der Waals surface area contributed by atoms with Crippen molar-refractivity contribution >= 4 is 0 Å². The molecule has 2 rings (SSSR count). The summed E-state index contributed by atoms with van der Waals surface area (Å²) in [5.74, 6) is 1.56. The van der Waals surface area contributed by atoms with Crippen LogP contribution in [-0.4, -0.2) is 13.2 Å². The first-order valence-corrected chi connectivity index (χ1v) is 4.59. The second kappa shape index (κ2) is 3.72. The van der Waals surface area contributed by atoms with Crippen LogP contribution in [0.2, 0.25) is 0 Å². The summed E-state index contributed by atoms with van der Waals surface area (Å²) in [6.45, 7) is 4.86. The van der Waals surface area contributed by atoms with Gasteiger partial charge < -0.3 is 15.2 Å². The first kappa shape index (κ1) is 9.09. The molecule has 0 aromatic heterocycles. The number of nitrogens with two attached hydrogens (primary N) is 1. The van der Waals surface area contributed by atoms with Crippen LogP contribution in [0.25, 0.3) is 0 Å². The predicted octanol–water partition coefficient (Wildman–Crippen LogP) is 1.64. The molecule has 0 spiro atoms. The summed E-state index contributed by atoms with van der Waals surface area (Å²) in [6, 6.07) is 5.57. The van der Waals surface area contributed by atoms with Gasteiger partial charge in [-0.05, 0) is 17.7 Å². The quantitative estimate of drug-likeness (QED) is 0.723. The molecule has 0 radical (unpaired) electrons. The second-order valence-electron chi connectivity index (χ2n) is 3.16. The fourth-order valence-electron chi connectivity index (χ4n) is 1.40. The predicted molar refractivity (Wildman–Crippen MR) is 54.6 cm³/mol. The van der Waals surface area contributed by atoms with Crippen molar-refractivity contribution in [2.24, 2.45) is 5.73 Å². The van der Waals surface area contributed by atoms with Gasteiger partial charge in [0.25, 0.3) is 0 Å². The molecule has 3 heteroatoms.